The molecule has 10 nitrogen and oxygen atoms in total. The van der Waals surface area contributed by atoms with Crippen molar-refractivity contribution in [1.29, 1.82) is 0 Å². The normalized spacial score (nSPS) is 9.65. The van der Waals surface area contributed by atoms with E-state index in [4.69, 9.17) is 10.2 Å². The van der Waals surface area contributed by atoms with E-state index >= 15 is 0 Å². The molecule has 0 radical (unpaired) electrons. The summed E-state index contributed by atoms with van der Waals surface area (Å²) in [6.07, 6.45) is 0. The molecule has 17 heavy (non-hydrogen) atoms. The quantitative estimate of drug-likeness (QED) is 0.366. The molecule has 1 heterocycles. The molecule has 0 bridgehead atoms. The first-order chi connectivity index (χ1) is 7.82. The van der Waals surface area contributed by atoms with Crippen LogP contribution in [0.4, 0.5) is 5.69 Å². The lowest BCUT2D eigenvalue weighted by Crippen LogP contribution is -2.33. The van der Waals surface area contributed by atoms with Gasteiger partial charge in [0.2, 0.25) is 0 Å². The summed E-state index contributed by atoms with van der Waals surface area (Å²) in [6.45, 7) is 0. The first-order valence-electron chi connectivity index (χ1n) is 3.97. The topological polar surface area (TPSA) is 169 Å². The number of carbonyl (C=O) groups excluding carboxylic acids is 1. The molecule has 10 heteroatoms. The highest BCUT2D eigenvalue weighted by Crippen LogP contribution is 2.03. The summed E-state index contributed by atoms with van der Waals surface area (Å²) in [5.41, 5.74) is -4.08. The Kier molecular flexibility index (Phi) is 3.08. The van der Waals surface area contributed by atoms with Gasteiger partial charge in [0.1, 0.15) is 5.69 Å². The standard InChI is InChI=1S/C7H5N3O7/c11-3-1(8-4(12)6(15)16)2(5(13)14)9-7(17)10-3/h(H,8,12)(H,13,14)(H,15,16)(H2,9,10,11,17). The SMILES string of the molecule is O=C(O)C(=O)Nc1c(C(=O)O)[nH]c(=O)[nH]c1=O. The molecule has 0 unspecified atom stereocenters. The van der Waals surface area contributed by atoms with E-state index < -0.39 is 40.5 Å². The Hall–Kier alpha value is -2.91. The highest BCUT2D eigenvalue weighted by atomic mass is 16.4. The number of aliphatic carboxylic acids is 1. The van der Waals surface area contributed by atoms with Gasteiger partial charge in [0.25, 0.3) is 5.56 Å². The van der Waals surface area contributed by atoms with Crippen molar-refractivity contribution in [2.24, 2.45) is 0 Å². The van der Waals surface area contributed by atoms with E-state index in [1.807, 2.05) is 0 Å². The lowest BCUT2D eigenvalue weighted by molar-refractivity contribution is -0.147. The second-order valence-corrected chi connectivity index (χ2v) is 2.72. The summed E-state index contributed by atoms with van der Waals surface area (Å²) in [6, 6.07) is 0. The summed E-state index contributed by atoms with van der Waals surface area (Å²) in [5.74, 6) is -5.22. The number of carboxylic acid groups (broad SMARTS) is 2. The molecule has 1 amide bonds. The largest absolute Gasteiger partial charge is 0.477 e. The Morgan fingerprint density at radius 3 is 2.12 bits per heavy atom. The average Bonchev–Trinajstić information content (AvgIpc) is 2.20. The van der Waals surface area contributed by atoms with Crippen LogP contribution in [0.5, 0.6) is 0 Å². The first kappa shape index (κ1) is 12.2. The summed E-state index contributed by atoms with van der Waals surface area (Å²) in [4.78, 5) is 57.0. The predicted molar refractivity (Wildman–Crippen MR) is 50.9 cm³/mol. The minimum absolute atomic E-state index is 0.857. The fourth-order valence-corrected chi connectivity index (χ4v) is 0.933. The number of aromatic nitrogens is 2. The van der Waals surface area contributed by atoms with E-state index in [-0.39, 0.29) is 0 Å². The monoisotopic (exact) mass is 243 g/mol. The average molecular weight is 243 g/mol. The van der Waals surface area contributed by atoms with Crippen molar-refractivity contribution in [3.05, 3.63) is 26.5 Å². The smallest absolute Gasteiger partial charge is 0.394 e. The van der Waals surface area contributed by atoms with E-state index in [0.29, 0.717) is 0 Å². The number of carbonyl (C=O) groups is 3. The third-order valence-corrected chi connectivity index (χ3v) is 1.59. The van der Waals surface area contributed by atoms with Gasteiger partial charge in [-0.05, 0) is 0 Å². The number of anilines is 1. The zero-order valence-corrected chi connectivity index (χ0v) is 7.94. The molecule has 0 saturated heterocycles. The van der Waals surface area contributed by atoms with Crippen LogP contribution in [0, 0.1) is 0 Å². The minimum Gasteiger partial charge on any atom is -0.477 e. The van der Waals surface area contributed by atoms with Gasteiger partial charge in [-0.1, -0.05) is 0 Å². The molecule has 1 aromatic heterocycles. The third kappa shape index (κ3) is 2.56. The van der Waals surface area contributed by atoms with Gasteiger partial charge in [0, 0.05) is 0 Å². The number of nitrogens with one attached hydrogen (secondary N) is 3. The van der Waals surface area contributed by atoms with Crippen molar-refractivity contribution in [2.75, 3.05) is 5.32 Å². The summed E-state index contributed by atoms with van der Waals surface area (Å²) in [5, 5.41) is 18.5. The Morgan fingerprint density at radius 2 is 1.65 bits per heavy atom. The van der Waals surface area contributed by atoms with Crippen molar-refractivity contribution in [3.8, 4) is 0 Å². The van der Waals surface area contributed by atoms with Gasteiger partial charge in [-0.15, -0.1) is 0 Å². The van der Waals surface area contributed by atoms with Gasteiger partial charge in [-0.25, -0.2) is 14.4 Å². The van der Waals surface area contributed by atoms with E-state index in [9.17, 15) is 24.0 Å². The summed E-state index contributed by atoms with van der Waals surface area (Å²) in [7, 11) is 0. The Bertz CT molecular complexity index is 611. The number of rotatable bonds is 2. The lowest BCUT2D eigenvalue weighted by Gasteiger charge is -2.03. The van der Waals surface area contributed by atoms with E-state index in [1.54, 1.807) is 15.3 Å². The van der Waals surface area contributed by atoms with Gasteiger partial charge in [0.05, 0.1) is 0 Å². The zero-order valence-electron chi connectivity index (χ0n) is 7.94. The molecule has 0 fully saturated rings. The number of hydrogen-bond acceptors (Lipinski definition) is 5. The number of aromatic amines is 2. The predicted octanol–water partition coefficient (Wildman–Crippen LogP) is -2.22. The molecule has 5 N–H and O–H groups in total. The van der Waals surface area contributed by atoms with Crippen molar-refractivity contribution >= 4 is 23.5 Å². The van der Waals surface area contributed by atoms with Gasteiger partial charge >= 0.3 is 23.5 Å². The molecule has 0 spiro atoms. The first-order valence-corrected chi connectivity index (χ1v) is 3.97. The number of H-pyrrole nitrogens is 2. The van der Waals surface area contributed by atoms with Crippen molar-refractivity contribution < 1.29 is 24.6 Å². The highest BCUT2D eigenvalue weighted by Gasteiger charge is 2.20. The molecule has 1 rings (SSSR count). The van der Waals surface area contributed by atoms with Crippen molar-refractivity contribution in [2.45, 2.75) is 0 Å². The summed E-state index contributed by atoms with van der Waals surface area (Å²) >= 11 is 0. The van der Waals surface area contributed by atoms with Crippen LogP contribution >= 0.6 is 0 Å². The molecule has 90 valence electrons. The van der Waals surface area contributed by atoms with Crippen LogP contribution in [0.3, 0.4) is 0 Å². The molecular weight excluding hydrogens is 238 g/mol. The fourth-order valence-electron chi connectivity index (χ4n) is 0.933. The molecule has 0 saturated carbocycles. The Morgan fingerprint density at radius 1 is 1.06 bits per heavy atom. The van der Waals surface area contributed by atoms with Gasteiger partial charge < -0.3 is 15.5 Å². The highest BCUT2D eigenvalue weighted by molar-refractivity contribution is 6.36. The third-order valence-electron chi connectivity index (χ3n) is 1.59. The maximum atomic E-state index is 11.2. The van der Waals surface area contributed by atoms with Crippen LogP contribution in [0.2, 0.25) is 0 Å². The number of hydrogen-bond donors (Lipinski definition) is 5. The van der Waals surface area contributed by atoms with Crippen LogP contribution in [-0.4, -0.2) is 38.0 Å². The second-order valence-electron chi connectivity index (χ2n) is 2.72. The van der Waals surface area contributed by atoms with E-state index in [0.717, 1.165) is 0 Å². The van der Waals surface area contributed by atoms with Gasteiger partial charge in [-0.2, -0.15) is 0 Å². The number of carboxylic acids is 2. The van der Waals surface area contributed by atoms with Crippen LogP contribution in [0.15, 0.2) is 9.59 Å². The number of aromatic carboxylic acids is 1. The molecule has 0 aliphatic rings. The van der Waals surface area contributed by atoms with Gasteiger partial charge in [0.15, 0.2) is 5.69 Å². The Balaban J connectivity index is 3.37. The summed E-state index contributed by atoms with van der Waals surface area (Å²) < 4.78 is 0. The van der Waals surface area contributed by atoms with Crippen molar-refractivity contribution in [3.63, 3.8) is 0 Å². The number of amides is 1. The molecule has 0 aliphatic carbocycles. The van der Waals surface area contributed by atoms with Crippen LogP contribution in [0.25, 0.3) is 0 Å². The fraction of sp³-hybridized carbons (Fsp3) is 0. The lowest BCUT2D eigenvalue weighted by atomic mass is 10.3. The van der Waals surface area contributed by atoms with Gasteiger partial charge in [-0.3, -0.25) is 19.6 Å². The molecular formula is C7H5N3O7. The second kappa shape index (κ2) is 4.30. The van der Waals surface area contributed by atoms with Crippen LogP contribution in [0.1, 0.15) is 10.5 Å². The van der Waals surface area contributed by atoms with E-state index in [2.05, 4.69) is 0 Å². The van der Waals surface area contributed by atoms with E-state index in [1.165, 1.54) is 0 Å². The maximum absolute atomic E-state index is 11.2. The molecule has 0 atom stereocenters. The zero-order chi connectivity index (χ0) is 13.2. The van der Waals surface area contributed by atoms with Crippen molar-refractivity contribution in [1.82, 2.24) is 9.97 Å². The Labute approximate surface area is 90.9 Å². The molecule has 0 aromatic carbocycles. The van der Waals surface area contributed by atoms with Crippen LogP contribution < -0.4 is 16.6 Å². The minimum atomic E-state index is -1.91. The molecule has 0 aliphatic heterocycles. The molecule has 1 aromatic rings. The maximum Gasteiger partial charge on any atom is 0.394 e. The van der Waals surface area contributed by atoms with Crippen LogP contribution in [-0.2, 0) is 9.59 Å².